The van der Waals surface area contributed by atoms with Gasteiger partial charge in [0.25, 0.3) is 0 Å². The number of nitrogens with one attached hydrogen (secondary N) is 1. The van der Waals surface area contributed by atoms with E-state index in [0.717, 1.165) is 0 Å². The number of carbonyl (C=O) groups is 1. The van der Waals surface area contributed by atoms with Gasteiger partial charge in [0.15, 0.2) is 17.3 Å². The van der Waals surface area contributed by atoms with E-state index < -0.39 is 11.8 Å². The van der Waals surface area contributed by atoms with Crippen LogP contribution in [0.25, 0.3) is 0 Å². The molecule has 0 unspecified atom stereocenters. The van der Waals surface area contributed by atoms with Crippen LogP contribution in [0.1, 0.15) is 23.6 Å². The molecule has 0 spiro atoms. The van der Waals surface area contributed by atoms with E-state index in [1.807, 2.05) is 6.92 Å². The molecule has 2 N–H and O–H groups in total. The predicted octanol–water partition coefficient (Wildman–Crippen LogP) is 4.15. The minimum atomic E-state index is -0.886. The molecule has 32 heavy (non-hydrogen) atoms. The monoisotopic (exact) mass is 441 g/mol. The van der Waals surface area contributed by atoms with Crippen LogP contribution in [0.4, 0.5) is 16.0 Å². The Kier molecular flexibility index (Phi) is 7.43. The topological polar surface area (TPSA) is 103 Å². The first kappa shape index (κ1) is 22.8. The van der Waals surface area contributed by atoms with E-state index in [9.17, 15) is 9.18 Å². The molecule has 168 valence electrons. The smallest absolute Gasteiger partial charge is 0.307 e. The number of anilines is 2. The zero-order valence-corrected chi connectivity index (χ0v) is 18.0. The highest BCUT2D eigenvalue weighted by Gasteiger charge is 2.19. The number of benzene rings is 2. The third-order valence-electron chi connectivity index (χ3n) is 4.78. The Morgan fingerprint density at radius 2 is 1.72 bits per heavy atom. The molecule has 0 saturated carbocycles. The van der Waals surface area contributed by atoms with Gasteiger partial charge in [0.2, 0.25) is 5.95 Å². The predicted molar refractivity (Wildman–Crippen MR) is 116 cm³/mol. The lowest BCUT2D eigenvalue weighted by molar-refractivity contribution is -0.136. The molecule has 0 aliphatic rings. The second-order valence-electron chi connectivity index (χ2n) is 6.83. The quantitative estimate of drug-likeness (QED) is 0.484. The van der Waals surface area contributed by atoms with Crippen LogP contribution in [0.5, 0.6) is 17.2 Å². The molecule has 0 amide bonds. The fourth-order valence-corrected chi connectivity index (χ4v) is 3.19. The normalized spacial score (nSPS) is 10.5. The maximum absolute atomic E-state index is 14.8. The summed E-state index contributed by atoms with van der Waals surface area (Å²) in [7, 11) is 2.92. The van der Waals surface area contributed by atoms with Gasteiger partial charge in [-0.1, -0.05) is 19.1 Å². The standard InChI is InChI=1S/C23H24FN3O5/c1-4-17-18(22(24)20(31-3)10-19(17)30-2)13-32-16-11-25-23(26-12-16)27-15-7-5-14(6-8-15)9-21(28)29/h5-8,10-12H,4,9,13H2,1-3H3,(H,28,29)(H,25,26,27). The summed E-state index contributed by atoms with van der Waals surface area (Å²) in [5.41, 5.74) is 2.47. The van der Waals surface area contributed by atoms with E-state index >= 15 is 0 Å². The SMILES string of the molecule is CCc1c(OC)cc(OC)c(F)c1COc1cnc(Nc2ccc(CC(=O)O)cc2)nc1. The van der Waals surface area contributed by atoms with Gasteiger partial charge >= 0.3 is 5.97 Å². The lowest BCUT2D eigenvalue weighted by Crippen LogP contribution is -2.07. The highest BCUT2D eigenvalue weighted by atomic mass is 19.1. The summed E-state index contributed by atoms with van der Waals surface area (Å²) in [4.78, 5) is 19.2. The summed E-state index contributed by atoms with van der Waals surface area (Å²) in [6.07, 6.45) is 3.49. The number of aliphatic carboxylic acids is 1. The maximum Gasteiger partial charge on any atom is 0.307 e. The summed E-state index contributed by atoms with van der Waals surface area (Å²) < 4.78 is 31.0. The van der Waals surface area contributed by atoms with Crippen LogP contribution in [-0.2, 0) is 24.2 Å². The van der Waals surface area contributed by atoms with Crippen LogP contribution in [0, 0.1) is 5.82 Å². The zero-order valence-electron chi connectivity index (χ0n) is 18.0. The third kappa shape index (κ3) is 5.42. The minimum Gasteiger partial charge on any atom is -0.496 e. The molecule has 0 aliphatic heterocycles. The molecule has 1 heterocycles. The molecule has 0 radical (unpaired) electrons. The van der Waals surface area contributed by atoms with E-state index in [1.54, 1.807) is 24.3 Å². The van der Waals surface area contributed by atoms with Gasteiger partial charge in [0.1, 0.15) is 12.4 Å². The first-order valence-corrected chi connectivity index (χ1v) is 9.90. The molecule has 2 aromatic carbocycles. The van der Waals surface area contributed by atoms with Gasteiger partial charge in [-0.25, -0.2) is 14.4 Å². The molecule has 1 aromatic heterocycles. The van der Waals surface area contributed by atoms with Gasteiger partial charge in [-0.3, -0.25) is 4.79 Å². The maximum atomic E-state index is 14.8. The molecule has 0 atom stereocenters. The molecule has 8 nitrogen and oxygen atoms in total. The van der Waals surface area contributed by atoms with Gasteiger partial charge in [-0.05, 0) is 24.1 Å². The molecular formula is C23H24FN3O5. The Labute approximate surface area is 185 Å². The fraction of sp³-hybridized carbons (Fsp3) is 0.261. The molecule has 0 fully saturated rings. The molecule has 0 saturated heterocycles. The highest BCUT2D eigenvalue weighted by molar-refractivity contribution is 5.70. The summed E-state index contributed by atoms with van der Waals surface area (Å²) in [5.74, 6) is -0.0431. The first-order valence-electron chi connectivity index (χ1n) is 9.90. The second kappa shape index (κ2) is 10.4. The van der Waals surface area contributed by atoms with Crippen LogP contribution >= 0.6 is 0 Å². The van der Waals surface area contributed by atoms with Crippen LogP contribution in [0.3, 0.4) is 0 Å². The lowest BCUT2D eigenvalue weighted by atomic mass is 10.0. The number of methoxy groups -OCH3 is 2. The summed E-state index contributed by atoms with van der Waals surface area (Å²) >= 11 is 0. The average molecular weight is 441 g/mol. The van der Waals surface area contributed by atoms with Crippen molar-refractivity contribution in [1.29, 1.82) is 0 Å². The molecule has 3 aromatic rings. The Balaban J connectivity index is 1.68. The van der Waals surface area contributed by atoms with Crippen molar-refractivity contribution >= 4 is 17.6 Å². The number of aromatic nitrogens is 2. The third-order valence-corrected chi connectivity index (χ3v) is 4.78. The Morgan fingerprint density at radius 3 is 2.28 bits per heavy atom. The average Bonchev–Trinajstić information content (AvgIpc) is 2.79. The first-order chi connectivity index (χ1) is 15.4. The van der Waals surface area contributed by atoms with Crippen molar-refractivity contribution in [2.24, 2.45) is 0 Å². The highest BCUT2D eigenvalue weighted by Crippen LogP contribution is 2.33. The van der Waals surface area contributed by atoms with Gasteiger partial charge in [-0.2, -0.15) is 0 Å². The van der Waals surface area contributed by atoms with Crippen LogP contribution in [-0.4, -0.2) is 35.3 Å². The summed E-state index contributed by atoms with van der Waals surface area (Å²) in [5, 5.41) is 11.9. The van der Waals surface area contributed by atoms with Crippen molar-refractivity contribution in [2.45, 2.75) is 26.4 Å². The van der Waals surface area contributed by atoms with Crippen molar-refractivity contribution in [3.8, 4) is 17.2 Å². The van der Waals surface area contributed by atoms with Gasteiger partial charge in [0.05, 0.1) is 33.0 Å². The van der Waals surface area contributed by atoms with E-state index in [0.29, 0.717) is 46.2 Å². The molecular weight excluding hydrogens is 417 g/mol. The van der Waals surface area contributed by atoms with E-state index in [-0.39, 0.29) is 18.8 Å². The van der Waals surface area contributed by atoms with Crippen LogP contribution < -0.4 is 19.5 Å². The minimum absolute atomic E-state index is 0.0380. The number of ether oxygens (including phenoxy) is 3. The van der Waals surface area contributed by atoms with Crippen molar-refractivity contribution in [3.63, 3.8) is 0 Å². The number of hydrogen-bond acceptors (Lipinski definition) is 7. The van der Waals surface area contributed by atoms with Crippen LogP contribution in [0.2, 0.25) is 0 Å². The summed E-state index contributed by atoms with van der Waals surface area (Å²) in [6, 6.07) is 8.45. The number of rotatable bonds is 10. The number of halogens is 1. The zero-order chi connectivity index (χ0) is 23.1. The van der Waals surface area contributed by atoms with Crippen molar-refractivity contribution in [2.75, 3.05) is 19.5 Å². The molecule has 0 aliphatic carbocycles. The second-order valence-corrected chi connectivity index (χ2v) is 6.83. The van der Waals surface area contributed by atoms with Gasteiger partial charge in [0, 0.05) is 22.9 Å². The number of carboxylic acid groups (broad SMARTS) is 1. The van der Waals surface area contributed by atoms with Crippen molar-refractivity contribution in [1.82, 2.24) is 9.97 Å². The Hall–Kier alpha value is -3.88. The number of carboxylic acids is 1. The van der Waals surface area contributed by atoms with Crippen LogP contribution in [0.15, 0.2) is 42.7 Å². The number of hydrogen-bond donors (Lipinski definition) is 2. The Bertz CT molecular complexity index is 1070. The summed E-state index contributed by atoms with van der Waals surface area (Å²) in [6.45, 7) is 1.87. The van der Waals surface area contributed by atoms with Gasteiger partial charge in [-0.15, -0.1) is 0 Å². The Morgan fingerprint density at radius 1 is 1.06 bits per heavy atom. The molecule has 3 rings (SSSR count). The fourth-order valence-electron chi connectivity index (χ4n) is 3.19. The van der Waals surface area contributed by atoms with E-state index in [1.165, 1.54) is 32.7 Å². The van der Waals surface area contributed by atoms with E-state index in [4.69, 9.17) is 19.3 Å². The van der Waals surface area contributed by atoms with Gasteiger partial charge < -0.3 is 24.6 Å². The lowest BCUT2D eigenvalue weighted by Gasteiger charge is -2.17. The number of nitrogens with zero attached hydrogens (tertiary/aromatic N) is 2. The van der Waals surface area contributed by atoms with Crippen molar-refractivity contribution in [3.05, 3.63) is 65.2 Å². The van der Waals surface area contributed by atoms with Crippen molar-refractivity contribution < 1.29 is 28.5 Å². The largest absolute Gasteiger partial charge is 0.496 e. The molecule has 0 bridgehead atoms. The molecule has 9 heteroatoms. The van der Waals surface area contributed by atoms with E-state index in [2.05, 4.69) is 15.3 Å².